The Bertz CT molecular complexity index is 1040. The van der Waals surface area contributed by atoms with Gasteiger partial charge in [-0.2, -0.15) is 4.31 Å². The number of imidazole rings is 1. The zero-order valence-electron chi connectivity index (χ0n) is 12.4. The van der Waals surface area contributed by atoms with Crippen LogP contribution in [0.4, 0.5) is 0 Å². The predicted molar refractivity (Wildman–Crippen MR) is 87.5 cm³/mol. The highest BCUT2D eigenvalue weighted by Gasteiger charge is 2.37. The maximum atomic E-state index is 13.0. The van der Waals surface area contributed by atoms with Crippen LogP contribution in [0, 0.1) is 0 Å². The van der Waals surface area contributed by atoms with Crippen LogP contribution in [0.15, 0.2) is 47.1 Å². The molecule has 1 aromatic carbocycles. The number of thiazole rings is 1. The summed E-state index contributed by atoms with van der Waals surface area (Å²) in [6.07, 6.45) is 2.96. The van der Waals surface area contributed by atoms with E-state index in [0.29, 0.717) is 16.1 Å². The summed E-state index contributed by atoms with van der Waals surface area (Å²) in [5.74, 6) is -1.91. The molecule has 3 aromatic rings. The largest absolute Gasteiger partial charge is 0.481 e. The summed E-state index contributed by atoms with van der Waals surface area (Å²) in [4.78, 5) is 16.3. The van der Waals surface area contributed by atoms with Gasteiger partial charge in [-0.05, 0) is 11.1 Å². The van der Waals surface area contributed by atoms with Gasteiger partial charge in [-0.3, -0.25) is 9.20 Å². The van der Waals surface area contributed by atoms with E-state index < -0.39 is 21.9 Å². The number of hydrogen-bond donors (Lipinski definition) is 1. The fraction of sp³-hybridized carbons (Fsp3) is 0.200. The van der Waals surface area contributed by atoms with Crippen molar-refractivity contribution >= 4 is 32.3 Å². The molecule has 1 aliphatic heterocycles. The van der Waals surface area contributed by atoms with Gasteiger partial charge < -0.3 is 5.11 Å². The number of rotatable bonds is 3. The average Bonchev–Trinajstić information content (AvgIpc) is 3.16. The first kappa shape index (κ1) is 15.3. The van der Waals surface area contributed by atoms with Gasteiger partial charge in [0.2, 0.25) is 0 Å². The summed E-state index contributed by atoms with van der Waals surface area (Å²) in [5, 5.41) is 11.3. The van der Waals surface area contributed by atoms with Crippen LogP contribution < -0.4 is 0 Å². The normalized spacial score (nSPS) is 18.6. The van der Waals surface area contributed by atoms with Crippen LogP contribution in [0.1, 0.15) is 17.0 Å². The van der Waals surface area contributed by atoms with Crippen molar-refractivity contribution in [2.24, 2.45) is 0 Å². The fourth-order valence-corrected chi connectivity index (χ4v) is 5.25. The number of carbonyl (C=O) groups is 1. The van der Waals surface area contributed by atoms with E-state index in [1.165, 1.54) is 26.2 Å². The van der Waals surface area contributed by atoms with Crippen molar-refractivity contribution in [1.82, 2.24) is 13.7 Å². The first-order chi connectivity index (χ1) is 11.5. The Balaban J connectivity index is 1.80. The van der Waals surface area contributed by atoms with Crippen LogP contribution in [-0.2, 0) is 21.4 Å². The zero-order chi connectivity index (χ0) is 16.9. The average molecular weight is 363 g/mol. The van der Waals surface area contributed by atoms with E-state index >= 15 is 0 Å². The second kappa shape index (κ2) is 5.40. The minimum absolute atomic E-state index is 0.0577. The van der Waals surface area contributed by atoms with E-state index in [2.05, 4.69) is 4.98 Å². The third kappa shape index (κ3) is 2.24. The topological polar surface area (TPSA) is 92.0 Å². The first-order valence-corrected chi connectivity index (χ1v) is 9.52. The van der Waals surface area contributed by atoms with E-state index in [9.17, 15) is 18.3 Å². The molecule has 7 nitrogen and oxygen atoms in total. The van der Waals surface area contributed by atoms with Gasteiger partial charge in [0.15, 0.2) is 9.99 Å². The summed E-state index contributed by atoms with van der Waals surface area (Å²) in [6, 6.07) is 7.06. The van der Waals surface area contributed by atoms with Gasteiger partial charge >= 0.3 is 5.97 Å². The van der Waals surface area contributed by atoms with Gasteiger partial charge in [0.05, 0.1) is 12.1 Å². The minimum atomic E-state index is -3.85. The van der Waals surface area contributed by atoms with Crippen LogP contribution >= 0.6 is 11.3 Å². The summed E-state index contributed by atoms with van der Waals surface area (Å²) in [7, 11) is -3.85. The highest BCUT2D eigenvalue weighted by Crippen LogP contribution is 2.32. The molecule has 24 heavy (non-hydrogen) atoms. The van der Waals surface area contributed by atoms with Gasteiger partial charge in [0.25, 0.3) is 10.0 Å². The number of aliphatic carboxylic acids is 1. The maximum Gasteiger partial charge on any atom is 0.312 e. The van der Waals surface area contributed by atoms with Gasteiger partial charge in [0.1, 0.15) is 0 Å². The molecule has 1 atom stereocenters. The molecule has 124 valence electrons. The molecule has 1 aliphatic rings. The summed E-state index contributed by atoms with van der Waals surface area (Å²) in [6.45, 7) is 0.0612. The number of sulfonamides is 1. The van der Waals surface area contributed by atoms with Gasteiger partial charge in [-0.15, -0.1) is 11.3 Å². The lowest BCUT2D eigenvalue weighted by atomic mass is 9.91. The Hall–Kier alpha value is -2.23. The number of aromatic nitrogens is 2. The van der Waals surface area contributed by atoms with Gasteiger partial charge in [0, 0.05) is 24.7 Å². The molecule has 0 aliphatic carbocycles. The molecular weight excluding hydrogens is 350 g/mol. The van der Waals surface area contributed by atoms with Gasteiger partial charge in [-0.25, -0.2) is 13.4 Å². The second-order valence-corrected chi connectivity index (χ2v) is 8.30. The summed E-state index contributed by atoms with van der Waals surface area (Å²) < 4.78 is 28.8. The Labute approximate surface area is 141 Å². The Kier molecular flexibility index (Phi) is 3.44. The van der Waals surface area contributed by atoms with E-state index in [1.54, 1.807) is 35.8 Å². The van der Waals surface area contributed by atoms with E-state index in [0.717, 1.165) is 0 Å². The van der Waals surface area contributed by atoms with Crippen molar-refractivity contribution in [3.63, 3.8) is 0 Å². The quantitative estimate of drug-likeness (QED) is 0.766. The molecule has 9 heteroatoms. The molecule has 1 unspecified atom stereocenters. The zero-order valence-corrected chi connectivity index (χ0v) is 14.0. The Morgan fingerprint density at radius 1 is 1.33 bits per heavy atom. The molecule has 0 fully saturated rings. The summed E-state index contributed by atoms with van der Waals surface area (Å²) in [5.41, 5.74) is 1.39. The highest BCUT2D eigenvalue weighted by atomic mass is 32.2. The molecule has 0 spiro atoms. The van der Waals surface area contributed by atoms with E-state index in [4.69, 9.17) is 0 Å². The van der Waals surface area contributed by atoms with Crippen LogP contribution in [0.3, 0.4) is 0 Å². The predicted octanol–water partition coefficient (Wildman–Crippen LogP) is 1.77. The van der Waals surface area contributed by atoms with E-state index in [-0.39, 0.29) is 18.1 Å². The van der Waals surface area contributed by atoms with Crippen molar-refractivity contribution in [3.8, 4) is 0 Å². The molecule has 0 amide bonds. The lowest BCUT2D eigenvalue weighted by Crippen LogP contribution is -2.40. The smallest absolute Gasteiger partial charge is 0.312 e. The van der Waals surface area contributed by atoms with Crippen molar-refractivity contribution in [3.05, 3.63) is 53.2 Å². The molecular formula is C15H13N3O4S2. The summed E-state index contributed by atoms with van der Waals surface area (Å²) >= 11 is 1.34. The number of hydrogen-bond acceptors (Lipinski definition) is 5. The SMILES string of the molecule is O=C(O)C1CN(S(=O)(=O)c2cnc3sccn23)Cc2ccccc21. The van der Waals surface area contributed by atoms with Crippen LogP contribution in [-0.4, -0.2) is 39.7 Å². The number of nitrogens with zero attached hydrogens (tertiary/aromatic N) is 3. The minimum Gasteiger partial charge on any atom is -0.481 e. The Morgan fingerprint density at radius 2 is 2.12 bits per heavy atom. The molecule has 3 heterocycles. The number of carboxylic acids is 1. The highest BCUT2D eigenvalue weighted by molar-refractivity contribution is 7.89. The molecule has 1 N–H and O–H groups in total. The van der Waals surface area contributed by atoms with Crippen LogP contribution in [0.5, 0.6) is 0 Å². The maximum absolute atomic E-state index is 13.0. The molecule has 4 rings (SSSR count). The lowest BCUT2D eigenvalue weighted by molar-refractivity contribution is -0.139. The molecule has 0 saturated heterocycles. The third-order valence-corrected chi connectivity index (χ3v) is 6.74. The molecule has 0 saturated carbocycles. The fourth-order valence-electron chi connectivity index (χ4n) is 3.00. The first-order valence-electron chi connectivity index (χ1n) is 7.20. The number of benzene rings is 1. The lowest BCUT2D eigenvalue weighted by Gasteiger charge is -2.31. The van der Waals surface area contributed by atoms with Crippen molar-refractivity contribution < 1.29 is 18.3 Å². The second-order valence-electron chi connectivity index (χ2n) is 5.54. The molecule has 0 radical (unpaired) electrons. The molecule has 2 aromatic heterocycles. The van der Waals surface area contributed by atoms with Crippen LogP contribution in [0.2, 0.25) is 0 Å². The van der Waals surface area contributed by atoms with Gasteiger partial charge in [-0.1, -0.05) is 24.3 Å². The Morgan fingerprint density at radius 3 is 2.92 bits per heavy atom. The standard InChI is InChI=1S/C15H13N3O4S2/c19-14(20)12-9-17(8-10-3-1-2-4-11(10)12)24(21,22)13-7-16-15-18(13)5-6-23-15/h1-7,12H,8-9H2,(H,19,20). The third-order valence-electron chi connectivity index (χ3n) is 4.18. The van der Waals surface area contributed by atoms with Crippen molar-refractivity contribution in [2.75, 3.05) is 6.54 Å². The van der Waals surface area contributed by atoms with E-state index in [1.807, 2.05) is 0 Å². The number of carboxylic acid groups (broad SMARTS) is 1. The molecule has 0 bridgehead atoms. The number of fused-ring (bicyclic) bond motifs is 2. The monoisotopic (exact) mass is 363 g/mol. The van der Waals surface area contributed by atoms with Crippen molar-refractivity contribution in [1.29, 1.82) is 0 Å². The van der Waals surface area contributed by atoms with Crippen molar-refractivity contribution in [2.45, 2.75) is 17.5 Å². The van der Waals surface area contributed by atoms with Crippen LogP contribution in [0.25, 0.3) is 4.96 Å².